The molecule has 0 unspecified atom stereocenters. The molecule has 1 aromatic carbocycles. The van der Waals surface area contributed by atoms with E-state index in [1.165, 1.54) is 12.1 Å². The van der Waals surface area contributed by atoms with Crippen LogP contribution in [-0.2, 0) is 9.84 Å². The Morgan fingerprint density at radius 3 is 2.21 bits per heavy atom. The normalized spacial score (nSPS) is 21.2. The SMILES string of the molecule is Cc1nnc(C(C)C)n1C1CCN(CC[C@@H](c2cc(F)cc(F)c2)C2CCS(=O)(=O)CC2)CC1. The molecule has 0 saturated carbocycles. The average molecular weight is 495 g/mol. The maximum absolute atomic E-state index is 14.0. The van der Waals surface area contributed by atoms with Gasteiger partial charge in [0.15, 0.2) is 0 Å². The molecule has 4 rings (SSSR count). The van der Waals surface area contributed by atoms with E-state index in [1.54, 1.807) is 0 Å². The standard InChI is InChI=1S/C25H36F2N4O2S/c1-17(2)25-29-28-18(3)31(25)23-4-9-30(10-5-23)11-6-24(19-7-12-34(32,33)13-8-19)20-14-21(26)16-22(27)15-20/h14-17,19,23-24H,4-13H2,1-3H3/t24-/m1/s1. The lowest BCUT2D eigenvalue weighted by atomic mass is 9.80. The fourth-order valence-electron chi connectivity index (χ4n) is 5.73. The second-order valence-electron chi connectivity index (χ2n) is 10.3. The fourth-order valence-corrected chi connectivity index (χ4v) is 7.26. The monoisotopic (exact) mass is 494 g/mol. The van der Waals surface area contributed by atoms with Crippen LogP contribution < -0.4 is 0 Å². The number of nitrogens with zero attached hydrogens (tertiary/aromatic N) is 4. The Morgan fingerprint density at radius 1 is 1.00 bits per heavy atom. The molecule has 9 heteroatoms. The zero-order valence-electron chi connectivity index (χ0n) is 20.4. The van der Waals surface area contributed by atoms with Crippen LogP contribution in [0.25, 0.3) is 0 Å². The van der Waals surface area contributed by atoms with Crippen LogP contribution in [0, 0.1) is 24.5 Å². The molecule has 0 amide bonds. The summed E-state index contributed by atoms with van der Waals surface area (Å²) in [6, 6.07) is 4.13. The summed E-state index contributed by atoms with van der Waals surface area (Å²) in [7, 11) is -3.00. The highest BCUT2D eigenvalue weighted by molar-refractivity contribution is 7.91. The number of rotatable bonds is 7. The number of sulfone groups is 1. The van der Waals surface area contributed by atoms with Crippen molar-refractivity contribution in [1.29, 1.82) is 0 Å². The number of benzene rings is 1. The van der Waals surface area contributed by atoms with Crippen LogP contribution in [0.5, 0.6) is 0 Å². The summed E-state index contributed by atoms with van der Waals surface area (Å²) in [5.41, 5.74) is 0.651. The summed E-state index contributed by atoms with van der Waals surface area (Å²) in [5.74, 6) is 1.57. The molecule has 0 radical (unpaired) electrons. The van der Waals surface area contributed by atoms with Gasteiger partial charge in [-0.2, -0.15) is 0 Å². The third kappa shape index (κ3) is 5.85. The van der Waals surface area contributed by atoms with Crippen molar-refractivity contribution in [3.8, 4) is 0 Å². The van der Waals surface area contributed by atoms with Crippen molar-refractivity contribution >= 4 is 9.84 Å². The molecular weight excluding hydrogens is 458 g/mol. The van der Waals surface area contributed by atoms with Crippen molar-refractivity contribution in [3.05, 3.63) is 47.0 Å². The third-order valence-corrected chi connectivity index (χ3v) is 9.28. The van der Waals surface area contributed by atoms with Crippen molar-refractivity contribution in [2.24, 2.45) is 5.92 Å². The topological polar surface area (TPSA) is 68.1 Å². The predicted molar refractivity (Wildman–Crippen MR) is 129 cm³/mol. The second-order valence-corrected chi connectivity index (χ2v) is 12.6. The highest BCUT2D eigenvalue weighted by Crippen LogP contribution is 2.37. The zero-order valence-corrected chi connectivity index (χ0v) is 21.2. The van der Waals surface area contributed by atoms with Gasteiger partial charge in [-0.25, -0.2) is 17.2 Å². The Kier molecular flexibility index (Phi) is 7.72. The highest BCUT2D eigenvalue weighted by atomic mass is 32.2. The number of hydrogen-bond donors (Lipinski definition) is 0. The first-order valence-electron chi connectivity index (χ1n) is 12.4. The minimum atomic E-state index is -3.00. The third-order valence-electron chi connectivity index (χ3n) is 7.57. The van der Waals surface area contributed by atoms with Gasteiger partial charge in [-0.3, -0.25) is 0 Å². The molecule has 2 fully saturated rings. The molecule has 3 heterocycles. The van der Waals surface area contributed by atoms with Gasteiger partial charge in [-0.05, 0) is 75.1 Å². The van der Waals surface area contributed by atoms with Crippen LogP contribution in [0.4, 0.5) is 8.78 Å². The van der Waals surface area contributed by atoms with E-state index >= 15 is 0 Å². The van der Waals surface area contributed by atoms with Crippen LogP contribution >= 0.6 is 0 Å². The van der Waals surface area contributed by atoms with Gasteiger partial charge in [0.2, 0.25) is 0 Å². The molecule has 2 aliphatic rings. The van der Waals surface area contributed by atoms with E-state index in [2.05, 4.69) is 33.5 Å². The van der Waals surface area contributed by atoms with Crippen molar-refractivity contribution in [2.45, 2.75) is 70.8 Å². The van der Waals surface area contributed by atoms with E-state index in [-0.39, 0.29) is 23.3 Å². The second kappa shape index (κ2) is 10.4. The molecular formula is C25H36F2N4O2S. The minimum Gasteiger partial charge on any atom is -0.312 e. The molecule has 1 aromatic heterocycles. The van der Waals surface area contributed by atoms with Crippen LogP contribution in [-0.4, -0.2) is 59.2 Å². The molecule has 2 aromatic rings. The molecule has 0 spiro atoms. The van der Waals surface area contributed by atoms with E-state index < -0.39 is 21.5 Å². The van der Waals surface area contributed by atoms with Gasteiger partial charge in [-0.1, -0.05) is 13.8 Å². The summed E-state index contributed by atoms with van der Waals surface area (Å²) in [6.45, 7) is 9.02. The first kappa shape index (κ1) is 25.2. The largest absolute Gasteiger partial charge is 0.312 e. The molecule has 6 nitrogen and oxygen atoms in total. The van der Waals surface area contributed by atoms with Crippen molar-refractivity contribution in [1.82, 2.24) is 19.7 Å². The lowest BCUT2D eigenvalue weighted by Gasteiger charge is -2.36. The average Bonchev–Trinajstić information content (AvgIpc) is 3.16. The van der Waals surface area contributed by atoms with Crippen LogP contribution in [0.15, 0.2) is 18.2 Å². The molecule has 2 aliphatic heterocycles. The van der Waals surface area contributed by atoms with E-state index in [0.29, 0.717) is 30.4 Å². The van der Waals surface area contributed by atoms with E-state index in [4.69, 9.17) is 0 Å². The Balaban J connectivity index is 1.42. The molecule has 2 saturated heterocycles. The summed E-state index contributed by atoms with van der Waals surface area (Å²) in [6.07, 6.45) is 3.90. The summed E-state index contributed by atoms with van der Waals surface area (Å²) in [4.78, 5) is 2.42. The lowest BCUT2D eigenvalue weighted by Crippen LogP contribution is -2.37. The van der Waals surface area contributed by atoms with Crippen molar-refractivity contribution in [3.63, 3.8) is 0 Å². The maximum Gasteiger partial charge on any atom is 0.150 e. The van der Waals surface area contributed by atoms with Gasteiger partial charge < -0.3 is 9.47 Å². The van der Waals surface area contributed by atoms with E-state index in [9.17, 15) is 17.2 Å². The first-order chi connectivity index (χ1) is 16.1. The molecule has 0 aliphatic carbocycles. The Morgan fingerprint density at radius 2 is 1.62 bits per heavy atom. The smallest absolute Gasteiger partial charge is 0.150 e. The summed E-state index contributed by atoms with van der Waals surface area (Å²) < 4.78 is 54.2. The molecule has 0 N–H and O–H groups in total. The Bertz CT molecular complexity index is 1060. The number of aromatic nitrogens is 3. The number of halogens is 2. The molecule has 0 bridgehead atoms. The summed E-state index contributed by atoms with van der Waals surface area (Å²) in [5, 5.41) is 8.67. The number of likely N-dealkylation sites (tertiary alicyclic amines) is 1. The Hall–Kier alpha value is -1.87. The van der Waals surface area contributed by atoms with Gasteiger partial charge in [0.1, 0.15) is 33.1 Å². The predicted octanol–water partition coefficient (Wildman–Crippen LogP) is 4.62. The number of piperidine rings is 1. The van der Waals surface area contributed by atoms with E-state index in [0.717, 1.165) is 56.6 Å². The lowest BCUT2D eigenvalue weighted by molar-refractivity contribution is 0.172. The highest BCUT2D eigenvalue weighted by Gasteiger charge is 2.32. The van der Waals surface area contributed by atoms with Crippen LogP contribution in [0.3, 0.4) is 0 Å². The molecule has 1 atom stereocenters. The van der Waals surface area contributed by atoms with Gasteiger partial charge in [-0.15, -0.1) is 10.2 Å². The Labute approximate surface area is 201 Å². The van der Waals surface area contributed by atoms with Crippen LogP contribution in [0.2, 0.25) is 0 Å². The quantitative estimate of drug-likeness (QED) is 0.562. The molecule has 188 valence electrons. The zero-order chi connectivity index (χ0) is 24.5. The van der Waals surface area contributed by atoms with Gasteiger partial charge in [0.05, 0.1) is 11.5 Å². The van der Waals surface area contributed by atoms with Crippen molar-refractivity contribution < 1.29 is 17.2 Å². The van der Waals surface area contributed by atoms with Gasteiger partial charge >= 0.3 is 0 Å². The summed E-state index contributed by atoms with van der Waals surface area (Å²) >= 11 is 0. The van der Waals surface area contributed by atoms with Crippen molar-refractivity contribution in [2.75, 3.05) is 31.1 Å². The van der Waals surface area contributed by atoms with Gasteiger partial charge in [0.25, 0.3) is 0 Å². The first-order valence-corrected chi connectivity index (χ1v) is 14.3. The van der Waals surface area contributed by atoms with Gasteiger partial charge in [0, 0.05) is 31.1 Å². The minimum absolute atomic E-state index is 0.0499. The molecule has 34 heavy (non-hydrogen) atoms. The maximum atomic E-state index is 14.0. The number of hydrogen-bond acceptors (Lipinski definition) is 5. The fraction of sp³-hybridized carbons (Fsp3) is 0.680. The van der Waals surface area contributed by atoms with Crippen LogP contribution in [0.1, 0.15) is 81.0 Å². The van der Waals surface area contributed by atoms with E-state index in [1.807, 2.05) is 6.92 Å². The number of aryl methyl sites for hydroxylation is 1.